The highest BCUT2D eigenvalue weighted by atomic mass is 19.3. The number of aryl methyl sites for hydroxylation is 2. The molecule has 2 aliphatic carbocycles. The molecule has 0 saturated heterocycles. The van der Waals surface area contributed by atoms with Crippen LogP contribution in [0.4, 0.5) is 28.9 Å². The Balaban J connectivity index is 1.81. The Morgan fingerprint density at radius 1 is 0.688 bits per heavy atom. The van der Waals surface area contributed by atoms with E-state index >= 15 is 17.6 Å². The molecule has 2 nitrogen and oxygen atoms in total. The fraction of sp³-hybridized carbons (Fsp3) is 0.538. The first-order valence-electron chi connectivity index (χ1n) is 11.7. The summed E-state index contributed by atoms with van der Waals surface area (Å²) >= 11 is 0. The first-order valence-corrected chi connectivity index (χ1v) is 11.7. The zero-order valence-corrected chi connectivity index (χ0v) is 18.8. The standard InChI is InChI=1S/C26H32F4N2/c1-3-15-11-19(13-21(23(15)31)17-7-5-8-17)25(27,28)26(29,30)20-12-16(4-2)24(32)22(14-20)18-9-6-10-18/h11-14,17-18H,3-10,31-32H2,1-2H3. The molecule has 6 heteroatoms. The summed E-state index contributed by atoms with van der Waals surface area (Å²) in [6.45, 7) is 3.60. The van der Waals surface area contributed by atoms with E-state index in [4.69, 9.17) is 11.5 Å². The SMILES string of the molecule is CCc1cc(C(F)(F)C(F)(F)c2cc(CC)c(N)c(C3CCC3)c2)cc(C2CCC2)c1N. The van der Waals surface area contributed by atoms with E-state index in [-0.39, 0.29) is 11.8 Å². The van der Waals surface area contributed by atoms with E-state index in [0.717, 1.165) is 50.7 Å². The zero-order chi connectivity index (χ0) is 23.3. The third-order valence-corrected chi connectivity index (χ3v) is 7.57. The molecular weight excluding hydrogens is 416 g/mol. The van der Waals surface area contributed by atoms with Crippen molar-refractivity contribution in [2.24, 2.45) is 0 Å². The number of nitrogens with two attached hydrogens (primary N) is 2. The second-order valence-electron chi connectivity index (χ2n) is 9.39. The molecule has 2 aliphatic rings. The van der Waals surface area contributed by atoms with Crippen molar-refractivity contribution in [2.45, 2.75) is 88.9 Å². The van der Waals surface area contributed by atoms with Gasteiger partial charge in [-0.05, 0) is 96.9 Å². The number of halogens is 4. The lowest BCUT2D eigenvalue weighted by atomic mass is 9.76. The summed E-state index contributed by atoms with van der Waals surface area (Å²) in [5, 5.41) is 0. The highest BCUT2D eigenvalue weighted by molar-refractivity contribution is 5.60. The summed E-state index contributed by atoms with van der Waals surface area (Å²) < 4.78 is 62.3. The van der Waals surface area contributed by atoms with Gasteiger partial charge in [-0.3, -0.25) is 0 Å². The van der Waals surface area contributed by atoms with Gasteiger partial charge in [-0.2, -0.15) is 17.6 Å². The molecule has 0 unspecified atom stereocenters. The number of anilines is 2. The van der Waals surface area contributed by atoms with Crippen molar-refractivity contribution in [2.75, 3.05) is 11.5 Å². The average Bonchev–Trinajstić information content (AvgIpc) is 2.67. The van der Waals surface area contributed by atoms with Gasteiger partial charge in [0.25, 0.3) is 0 Å². The minimum absolute atomic E-state index is 0.0677. The van der Waals surface area contributed by atoms with Crippen LogP contribution >= 0.6 is 0 Å². The van der Waals surface area contributed by atoms with Crippen molar-refractivity contribution in [1.82, 2.24) is 0 Å². The molecule has 32 heavy (non-hydrogen) atoms. The van der Waals surface area contributed by atoms with Crippen LogP contribution in [0.15, 0.2) is 24.3 Å². The molecule has 174 valence electrons. The van der Waals surface area contributed by atoms with Gasteiger partial charge in [-0.25, -0.2) is 0 Å². The predicted molar refractivity (Wildman–Crippen MR) is 121 cm³/mol. The van der Waals surface area contributed by atoms with Crippen LogP contribution in [0.1, 0.15) is 97.6 Å². The Labute approximate surface area is 187 Å². The lowest BCUT2D eigenvalue weighted by Crippen LogP contribution is -2.36. The van der Waals surface area contributed by atoms with Crippen LogP contribution in [-0.4, -0.2) is 0 Å². The Kier molecular flexibility index (Phi) is 5.93. The monoisotopic (exact) mass is 448 g/mol. The molecule has 0 bridgehead atoms. The Hall–Kier alpha value is -2.24. The van der Waals surface area contributed by atoms with E-state index < -0.39 is 23.0 Å². The van der Waals surface area contributed by atoms with Gasteiger partial charge in [0.2, 0.25) is 0 Å². The summed E-state index contributed by atoms with van der Waals surface area (Å²) in [5.41, 5.74) is 14.2. The van der Waals surface area contributed by atoms with Crippen LogP contribution in [-0.2, 0) is 24.7 Å². The normalized spacial score (nSPS) is 17.8. The molecular formula is C26H32F4N2. The predicted octanol–water partition coefficient (Wildman–Crippen LogP) is 7.39. The molecule has 0 aromatic heterocycles. The molecule has 2 saturated carbocycles. The summed E-state index contributed by atoms with van der Waals surface area (Å²) in [6, 6.07) is 4.76. The van der Waals surface area contributed by atoms with Gasteiger partial charge in [0.05, 0.1) is 0 Å². The van der Waals surface area contributed by atoms with Crippen molar-refractivity contribution < 1.29 is 17.6 Å². The molecule has 2 aromatic carbocycles. The maximum atomic E-state index is 15.6. The van der Waals surface area contributed by atoms with Crippen LogP contribution in [0.2, 0.25) is 0 Å². The number of nitrogen functional groups attached to an aromatic ring is 2. The van der Waals surface area contributed by atoms with Gasteiger partial charge < -0.3 is 11.5 Å². The van der Waals surface area contributed by atoms with Crippen LogP contribution in [0, 0.1) is 0 Å². The molecule has 0 radical (unpaired) electrons. The van der Waals surface area contributed by atoms with Crippen molar-refractivity contribution >= 4 is 11.4 Å². The van der Waals surface area contributed by atoms with E-state index in [9.17, 15) is 0 Å². The minimum Gasteiger partial charge on any atom is -0.398 e. The smallest absolute Gasteiger partial charge is 0.339 e. The fourth-order valence-electron chi connectivity index (χ4n) is 4.90. The van der Waals surface area contributed by atoms with Crippen LogP contribution in [0.25, 0.3) is 0 Å². The van der Waals surface area contributed by atoms with E-state index in [0.29, 0.717) is 46.5 Å². The Morgan fingerprint density at radius 2 is 1.03 bits per heavy atom. The highest BCUT2D eigenvalue weighted by Gasteiger charge is 2.59. The largest absolute Gasteiger partial charge is 0.398 e. The molecule has 0 amide bonds. The average molecular weight is 449 g/mol. The number of rotatable bonds is 7. The molecule has 4 N–H and O–H groups in total. The summed E-state index contributed by atoms with van der Waals surface area (Å²) in [4.78, 5) is 0. The minimum atomic E-state index is -4.37. The summed E-state index contributed by atoms with van der Waals surface area (Å²) in [6.07, 6.45) is 6.21. The number of hydrogen-bond donors (Lipinski definition) is 2. The molecule has 2 aromatic rings. The van der Waals surface area contributed by atoms with Crippen molar-refractivity contribution in [3.8, 4) is 0 Å². The van der Waals surface area contributed by atoms with E-state index in [2.05, 4.69) is 0 Å². The van der Waals surface area contributed by atoms with Crippen molar-refractivity contribution in [3.05, 3.63) is 57.6 Å². The molecule has 0 atom stereocenters. The zero-order valence-electron chi connectivity index (χ0n) is 18.8. The quantitative estimate of drug-likeness (QED) is 0.343. The number of alkyl halides is 4. The first kappa shape index (κ1) is 22.9. The fourth-order valence-corrected chi connectivity index (χ4v) is 4.90. The van der Waals surface area contributed by atoms with Gasteiger partial charge in [0, 0.05) is 22.5 Å². The van der Waals surface area contributed by atoms with Crippen molar-refractivity contribution in [1.29, 1.82) is 0 Å². The second-order valence-corrected chi connectivity index (χ2v) is 9.39. The third kappa shape index (κ3) is 3.56. The van der Waals surface area contributed by atoms with Gasteiger partial charge in [0.1, 0.15) is 0 Å². The third-order valence-electron chi connectivity index (χ3n) is 7.57. The van der Waals surface area contributed by atoms with Gasteiger partial charge in [0.15, 0.2) is 0 Å². The number of benzene rings is 2. The van der Waals surface area contributed by atoms with Crippen LogP contribution < -0.4 is 11.5 Å². The summed E-state index contributed by atoms with van der Waals surface area (Å²) in [7, 11) is 0. The molecule has 0 aliphatic heterocycles. The lowest BCUT2D eigenvalue weighted by molar-refractivity contribution is -0.224. The lowest BCUT2D eigenvalue weighted by Gasteiger charge is -2.33. The molecule has 0 spiro atoms. The maximum Gasteiger partial charge on any atom is 0.339 e. The summed E-state index contributed by atoms with van der Waals surface area (Å²) in [5.74, 6) is -8.61. The maximum absolute atomic E-state index is 15.6. The van der Waals surface area contributed by atoms with Crippen LogP contribution in [0.5, 0.6) is 0 Å². The van der Waals surface area contributed by atoms with Gasteiger partial charge in [-0.15, -0.1) is 0 Å². The van der Waals surface area contributed by atoms with Crippen LogP contribution in [0.3, 0.4) is 0 Å². The van der Waals surface area contributed by atoms with Crippen molar-refractivity contribution in [3.63, 3.8) is 0 Å². The van der Waals surface area contributed by atoms with Gasteiger partial charge >= 0.3 is 11.8 Å². The van der Waals surface area contributed by atoms with E-state index in [1.807, 2.05) is 0 Å². The molecule has 4 rings (SSSR count). The second kappa shape index (κ2) is 8.27. The van der Waals surface area contributed by atoms with E-state index in [1.165, 1.54) is 12.1 Å². The van der Waals surface area contributed by atoms with E-state index in [1.54, 1.807) is 13.8 Å². The van der Waals surface area contributed by atoms with Gasteiger partial charge in [-0.1, -0.05) is 26.7 Å². The number of hydrogen-bond acceptors (Lipinski definition) is 2. The highest BCUT2D eigenvalue weighted by Crippen LogP contribution is 2.53. The first-order chi connectivity index (χ1) is 15.1. The molecule has 2 fully saturated rings. The molecule has 0 heterocycles. The topological polar surface area (TPSA) is 52.0 Å². The Bertz CT molecular complexity index is 926. The Morgan fingerprint density at radius 3 is 1.28 bits per heavy atom.